The molecule has 2 atom stereocenters. The van der Waals surface area contributed by atoms with Crippen LogP contribution in [0.15, 0.2) is 24.3 Å². The molecule has 120 valence electrons. The van der Waals surface area contributed by atoms with Crippen LogP contribution >= 0.6 is 0 Å². The molecule has 2 fully saturated rings. The maximum absolute atomic E-state index is 12.1. The molecule has 0 radical (unpaired) electrons. The van der Waals surface area contributed by atoms with Crippen molar-refractivity contribution in [2.45, 2.75) is 52.2 Å². The van der Waals surface area contributed by atoms with Crippen LogP contribution in [0.2, 0.25) is 0 Å². The van der Waals surface area contributed by atoms with E-state index < -0.39 is 5.41 Å². The fourth-order valence-electron chi connectivity index (χ4n) is 2.71. The summed E-state index contributed by atoms with van der Waals surface area (Å²) in [7, 11) is 0. The molecule has 0 aromatic heterocycles. The second-order valence-electron chi connectivity index (χ2n) is 6.96. The summed E-state index contributed by atoms with van der Waals surface area (Å²) in [4.78, 5) is 12.1. The summed E-state index contributed by atoms with van der Waals surface area (Å²) in [6, 6.07) is 7.32. The van der Waals surface area contributed by atoms with Gasteiger partial charge in [0.05, 0.1) is 24.2 Å². The number of fused-ring (bicyclic) bond motifs is 1. The van der Waals surface area contributed by atoms with Gasteiger partial charge in [-0.05, 0) is 51.2 Å². The molecule has 1 saturated carbocycles. The number of rotatable bonds is 6. The molecular formula is C18H24O4. The lowest BCUT2D eigenvalue weighted by molar-refractivity contribution is -0.144. The lowest BCUT2D eigenvalue weighted by Crippen LogP contribution is -2.28. The first-order chi connectivity index (χ1) is 10.5. The SMILES string of the molecule is CCC(C)(C)C(=O)Oc1cccc(OCC2CC3OC3C2)c1. The van der Waals surface area contributed by atoms with Crippen molar-refractivity contribution in [1.29, 1.82) is 0 Å². The predicted molar refractivity (Wildman–Crippen MR) is 83.0 cm³/mol. The number of epoxide rings is 1. The van der Waals surface area contributed by atoms with Gasteiger partial charge in [-0.15, -0.1) is 0 Å². The second kappa shape index (κ2) is 5.92. The van der Waals surface area contributed by atoms with Gasteiger partial charge in [-0.25, -0.2) is 0 Å². The minimum atomic E-state index is -0.470. The van der Waals surface area contributed by atoms with Crippen molar-refractivity contribution in [2.24, 2.45) is 11.3 Å². The maximum atomic E-state index is 12.1. The van der Waals surface area contributed by atoms with Gasteiger partial charge in [0.25, 0.3) is 0 Å². The van der Waals surface area contributed by atoms with Crippen LogP contribution in [0.5, 0.6) is 11.5 Å². The largest absolute Gasteiger partial charge is 0.493 e. The van der Waals surface area contributed by atoms with Crippen LogP contribution in [0.4, 0.5) is 0 Å². The first-order valence-corrected chi connectivity index (χ1v) is 8.08. The molecule has 2 unspecified atom stereocenters. The van der Waals surface area contributed by atoms with Gasteiger partial charge < -0.3 is 14.2 Å². The summed E-state index contributed by atoms with van der Waals surface area (Å²) in [5.74, 6) is 1.66. The van der Waals surface area contributed by atoms with Gasteiger partial charge in [0, 0.05) is 6.07 Å². The Labute approximate surface area is 131 Å². The normalized spacial score (nSPS) is 26.4. The van der Waals surface area contributed by atoms with Crippen molar-refractivity contribution in [2.75, 3.05) is 6.61 Å². The summed E-state index contributed by atoms with van der Waals surface area (Å²) in [5.41, 5.74) is -0.470. The number of benzene rings is 1. The highest BCUT2D eigenvalue weighted by Crippen LogP contribution is 2.42. The van der Waals surface area contributed by atoms with Crippen molar-refractivity contribution >= 4 is 5.97 Å². The van der Waals surface area contributed by atoms with Gasteiger partial charge in [-0.1, -0.05) is 13.0 Å². The van der Waals surface area contributed by atoms with E-state index in [1.54, 1.807) is 12.1 Å². The zero-order chi connectivity index (χ0) is 15.7. The van der Waals surface area contributed by atoms with E-state index in [-0.39, 0.29) is 5.97 Å². The van der Waals surface area contributed by atoms with E-state index in [4.69, 9.17) is 14.2 Å². The van der Waals surface area contributed by atoms with Crippen molar-refractivity contribution in [3.63, 3.8) is 0 Å². The van der Waals surface area contributed by atoms with E-state index in [1.807, 2.05) is 32.9 Å². The lowest BCUT2D eigenvalue weighted by Gasteiger charge is -2.20. The first-order valence-electron chi connectivity index (χ1n) is 8.08. The number of ether oxygens (including phenoxy) is 3. The molecule has 3 rings (SSSR count). The molecule has 1 aromatic rings. The molecule has 1 aromatic carbocycles. The van der Waals surface area contributed by atoms with E-state index in [9.17, 15) is 4.79 Å². The third-order valence-electron chi connectivity index (χ3n) is 4.76. The Hall–Kier alpha value is -1.55. The molecule has 1 saturated heterocycles. The van der Waals surface area contributed by atoms with Crippen molar-refractivity contribution in [1.82, 2.24) is 0 Å². The molecule has 2 aliphatic rings. The summed E-state index contributed by atoms with van der Waals surface area (Å²) >= 11 is 0. The first kappa shape index (κ1) is 15.3. The Morgan fingerprint density at radius 3 is 2.64 bits per heavy atom. The fourth-order valence-corrected chi connectivity index (χ4v) is 2.71. The van der Waals surface area contributed by atoms with Crippen LogP contribution in [0, 0.1) is 11.3 Å². The van der Waals surface area contributed by atoms with Crippen molar-refractivity contribution in [3.8, 4) is 11.5 Å². The Morgan fingerprint density at radius 2 is 1.95 bits per heavy atom. The van der Waals surface area contributed by atoms with Crippen LogP contribution < -0.4 is 9.47 Å². The van der Waals surface area contributed by atoms with Crippen molar-refractivity contribution in [3.05, 3.63) is 24.3 Å². The Morgan fingerprint density at radius 1 is 1.27 bits per heavy atom. The van der Waals surface area contributed by atoms with Crippen LogP contribution in [-0.4, -0.2) is 24.8 Å². The van der Waals surface area contributed by atoms with Crippen LogP contribution in [0.25, 0.3) is 0 Å². The minimum absolute atomic E-state index is 0.208. The molecule has 1 aliphatic heterocycles. The van der Waals surface area contributed by atoms with E-state index in [2.05, 4.69) is 0 Å². The van der Waals surface area contributed by atoms with E-state index in [0.717, 1.165) is 25.0 Å². The highest BCUT2D eigenvalue weighted by atomic mass is 16.6. The molecular weight excluding hydrogens is 280 g/mol. The van der Waals surface area contributed by atoms with Crippen molar-refractivity contribution < 1.29 is 19.0 Å². The second-order valence-corrected chi connectivity index (χ2v) is 6.96. The molecule has 1 aliphatic carbocycles. The molecule has 0 amide bonds. The standard InChI is InChI=1S/C18H24O4/c1-4-18(2,3)17(19)21-14-7-5-6-13(10-14)20-11-12-8-15-16(9-12)22-15/h5-7,10,12,15-16H,4,8-9,11H2,1-3H3. The number of hydrogen-bond acceptors (Lipinski definition) is 4. The maximum Gasteiger partial charge on any atom is 0.316 e. The predicted octanol–water partition coefficient (Wildman–Crippen LogP) is 3.58. The quantitative estimate of drug-likeness (QED) is 0.458. The molecule has 4 nitrogen and oxygen atoms in total. The van der Waals surface area contributed by atoms with Crippen LogP contribution in [0.1, 0.15) is 40.0 Å². The monoisotopic (exact) mass is 304 g/mol. The highest BCUT2D eigenvalue weighted by molar-refractivity contribution is 5.78. The zero-order valence-corrected chi connectivity index (χ0v) is 13.5. The average Bonchev–Trinajstić information content (AvgIpc) is 3.12. The van der Waals surface area contributed by atoms with Crippen LogP contribution in [-0.2, 0) is 9.53 Å². The topological polar surface area (TPSA) is 48.1 Å². The smallest absolute Gasteiger partial charge is 0.316 e. The number of carbonyl (C=O) groups excluding carboxylic acids is 1. The summed E-state index contributed by atoms with van der Waals surface area (Å²) < 4.78 is 16.7. The fraction of sp³-hybridized carbons (Fsp3) is 0.611. The summed E-state index contributed by atoms with van der Waals surface area (Å²) in [6.45, 7) is 6.47. The molecule has 22 heavy (non-hydrogen) atoms. The Bertz CT molecular complexity index is 542. The number of esters is 1. The third kappa shape index (κ3) is 3.43. The molecule has 0 bridgehead atoms. The number of carbonyl (C=O) groups is 1. The van der Waals surface area contributed by atoms with Gasteiger partial charge in [0.1, 0.15) is 11.5 Å². The zero-order valence-electron chi connectivity index (χ0n) is 13.5. The van der Waals surface area contributed by atoms with Gasteiger partial charge >= 0.3 is 5.97 Å². The average molecular weight is 304 g/mol. The third-order valence-corrected chi connectivity index (χ3v) is 4.76. The number of hydrogen-bond donors (Lipinski definition) is 0. The Kier molecular flexibility index (Phi) is 4.13. The van der Waals surface area contributed by atoms with Gasteiger partial charge in [0.15, 0.2) is 0 Å². The van der Waals surface area contributed by atoms with Gasteiger partial charge in [0.2, 0.25) is 0 Å². The van der Waals surface area contributed by atoms with E-state index >= 15 is 0 Å². The molecule has 4 heteroatoms. The van der Waals surface area contributed by atoms with Crippen LogP contribution in [0.3, 0.4) is 0 Å². The summed E-state index contributed by atoms with van der Waals surface area (Å²) in [5, 5.41) is 0. The summed E-state index contributed by atoms with van der Waals surface area (Å²) in [6.07, 6.45) is 3.91. The minimum Gasteiger partial charge on any atom is -0.493 e. The molecule has 0 N–H and O–H groups in total. The van der Waals surface area contributed by atoms with Gasteiger partial charge in [-0.3, -0.25) is 4.79 Å². The van der Waals surface area contributed by atoms with E-state index in [0.29, 0.717) is 30.5 Å². The van der Waals surface area contributed by atoms with Gasteiger partial charge in [-0.2, -0.15) is 0 Å². The Balaban J connectivity index is 1.54. The highest BCUT2D eigenvalue weighted by Gasteiger charge is 2.47. The molecule has 0 spiro atoms. The lowest BCUT2D eigenvalue weighted by atomic mass is 9.91. The molecule has 1 heterocycles. The van der Waals surface area contributed by atoms with E-state index in [1.165, 1.54) is 0 Å².